The number of ether oxygens (including phenoxy) is 2. The molecule has 0 radical (unpaired) electrons. The zero-order chi connectivity index (χ0) is 19.2. The second-order valence-electron chi connectivity index (χ2n) is 6.15. The Kier molecular flexibility index (Phi) is 5.53. The van der Waals surface area contributed by atoms with Crippen LogP contribution in [0.2, 0.25) is 0 Å². The van der Waals surface area contributed by atoms with Gasteiger partial charge in [0.15, 0.2) is 11.5 Å². The van der Waals surface area contributed by atoms with Gasteiger partial charge < -0.3 is 14.8 Å². The number of hydrogen-bond acceptors (Lipinski definition) is 6. The first-order valence-electron chi connectivity index (χ1n) is 8.47. The van der Waals surface area contributed by atoms with Crippen molar-refractivity contribution in [1.82, 2.24) is 9.97 Å². The number of aromatic nitrogens is 2. The lowest BCUT2D eigenvalue weighted by Gasteiger charge is -2.13. The number of fused-ring (bicyclic) bond motifs is 1. The molecular formula is C21H20N4O2. The fourth-order valence-corrected chi connectivity index (χ4v) is 2.54. The van der Waals surface area contributed by atoms with Crippen molar-refractivity contribution in [2.45, 2.75) is 13.8 Å². The summed E-state index contributed by atoms with van der Waals surface area (Å²) < 4.78 is 11.3. The van der Waals surface area contributed by atoms with Gasteiger partial charge in [-0.15, -0.1) is 0 Å². The van der Waals surface area contributed by atoms with E-state index in [1.165, 1.54) is 11.9 Å². The Labute approximate surface area is 158 Å². The van der Waals surface area contributed by atoms with Crippen LogP contribution in [0.25, 0.3) is 10.9 Å². The molecule has 0 unspecified atom stereocenters. The van der Waals surface area contributed by atoms with E-state index in [0.29, 0.717) is 29.5 Å². The van der Waals surface area contributed by atoms with Crippen LogP contribution >= 0.6 is 0 Å². The molecule has 0 aliphatic carbocycles. The summed E-state index contributed by atoms with van der Waals surface area (Å²) in [5, 5.41) is 13.1. The summed E-state index contributed by atoms with van der Waals surface area (Å²) in [6.07, 6.45) is 3.49. The lowest BCUT2D eigenvalue weighted by atomic mass is 10.2. The molecule has 0 aliphatic heterocycles. The Morgan fingerprint density at radius 3 is 2.78 bits per heavy atom. The minimum atomic E-state index is 0.449. The van der Waals surface area contributed by atoms with E-state index >= 15 is 0 Å². The quantitative estimate of drug-likeness (QED) is 0.647. The normalized spacial score (nSPS) is 10.1. The molecule has 6 nitrogen and oxygen atoms in total. The first kappa shape index (κ1) is 18.2. The molecule has 0 bridgehead atoms. The maximum Gasteiger partial charge on any atom is 0.162 e. The average molecular weight is 360 g/mol. The van der Waals surface area contributed by atoms with E-state index in [4.69, 9.17) is 14.7 Å². The van der Waals surface area contributed by atoms with Crippen molar-refractivity contribution in [3.63, 3.8) is 0 Å². The first-order chi connectivity index (χ1) is 13.1. The van der Waals surface area contributed by atoms with Crippen LogP contribution in [0.3, 0.4) is 0 Å². The predicted molar refractivity (Wildman–Crippen MR) is 105 cm³/mol. The van der Waals surface area contributed by atoms with Crippen LogP contribution in [-0.2, 0) is 0 Å². The van der Waals surface area contributed by atoms with E-state index in [1.54, 1.807) is 19.2 Å². The Bertz CT molecular complexity index is 1030. The van der Waals surface area contributed by atoms with Crippen LogP contribution in [0.5, 0.6) is 11.5 Å². The molecule has 0 aliphatic rings. The summed E-state index contributed by atoms with van der Waals surface area (Å²) in [4.78, 5) is 8.67. The second-order valence-corrected chi connectivity index (χ2v) is 6.15. The van der Waals surface area contributed by atoms with E-state index in [-0.39, 0.29) is 0 Å². The van der Waals surface area contributed by atoms with Crippen LogP contribution in [0.15, 0.2) is 54.4 Å². The molecule has 136 valence electrons. The van der Waals surface area contributed by atoms with E-state index in [9.17, 15) is 0 Å². The summed E-state index contributed by atoms with van der Waals surface area (Å²) in [6, 6.07) is 13.0. The number of allylic oxidation sites excluding steroid dienone is 1. The van der Waals surface area contributed by atoms with Gasteiger partial charge in [0, 0.05) is 17.1 Å². The summed E-state index contributed by atoms with van der Waals surface area (Å²) in [7, 11) is 1.60. The van der Waals surface area contributed by atoms with Crippen LogP contribution in [0.1, 0.15) is 19.4 Å². The van der Waals surface area contributed by atoms with Gasteiger partial charge in [0.1, 0.15) is 18.8 Å². The molecule has 0 amide bonds. The van der Waals surface area contributed by atoms with Gasteiger partial charge in [0.2, 0.25) is 0 Å². The highest BCUT2D eigenvalue weighted by molar-refractivity contribution is 5.93. The highest BCUT2D eigenvalue weighted by Gasteiger charge is 2.12. The fraction of sp³-hybridized carbons (Fsp3) is 0.190. The van der Waals surface area contributed by atoms with Gasteiger partial charge in [-0.1, -0.05) is 11.6 Å². The molecule has 0 saturated carbocycles. The summed E-state index contributed by atoms with van der Waals surface area (Å²) in [5.41, 5.74) is 3.26. The maximum absolute atomic E-state index is 9.08. The largest absolute Gasteiger partial charge is 0.493 e. The van der Waals surface area contributed by atoms with Crippen LogP contribution in [0.4, 0.5) is 11.5 Å². The van der Waals surface area contributed by atoms with Gasteiger partial charge in [-0.25, -0.2) is 9.97 Å². The van der Waals surface area contributed by atoms with Crippen LogP contribution < -0.4 is 14.8 Å². The van der Waals surface area contributed by atoms with E-state index < -0.39 is 0 Å². The molecule has 0 atom stereocenters. The topological polar surface area (TPSA) is 80.1 Å². The van der Waals surface area contributed by atoms with Crippen molar-refractivity contribution >= 4 is 22.4 Å². The molecule has 3 rings (SSSR count). The van der Waals surface area contributed by atoms with Crippen molar-refractivity contribution in [2.75, 3.05) is 19.0 Å². The Balaban J connectivity index is 2.00. The zero-order valence-corrected chi connectivity index (χ0v) is 15.5. The standard InChI is InChI=1S/C21H20N4O2/c1-14(2)7-8-27-20-10-17-18(11-19(20)26-3)23-13-24-21(17)25-16-6-4-5-15(9-16)12-22/h4-7,9-11,13H,8H2,1-3H3,(H,23,24,25). The molecule has 0 fully saturated rings. The fourth-order valence-electron chi connectivity index (χ4n) is 2.54. The highest BCUT2D eigenvalue weighted by atomic mass is 16.5. The summed E-state index contributed by atoms with van der Waals surface area (Å²) in [5.74, 6) is 1.86. The molecule has 3 aromatic rings. The number of hydrogen-bond donors (Lipinski definition) is 1. The lowest BCUT2D eigenvalue weighted by molar-refractivity contribution is 0.326. The Morgan fingerprint density at radius 2 is 2.04 bits per heavy atom. The van der Waals surface area contributed by atoms with Gasteiger partial charge in [0.25, 0.3) is 0 Å². The van der Waals surface area contributed by atoms with Crippen LogP contribution in [-0.4, -0.2) is 23.7 Å². The lowest BCUT2D eigenvalue weighted by Crippen LogP contribution is -2.00. The molecule has 1 N–H and O–H groups in total. The molecule has 0 spiro atoms. The number of benzene rings is 2. The second kappa shape index (κ2) is 8.19. The van der Waals surface area contributed by atoms with E-state index in [0.717, 1.165) is 16.6 Å². The van der Waals surface area contributed by atoms with Crippen molar-refractivity contribution in [2.24, 2.45) is 0 Å². The van der Waals surface area contributed by atoms with Crippen molar-refractivity contribution < 1.29 is 9.47 Å². The van der Waals surface area contributed by atoms with Crippen molar-refractivity contribution in [1.29, 1.82) is 5.26 Å². The van der Waals surface area contributed by atoms with Gasteiger partial charge in [-0.3, -0.25) is 0 Å². The third kappa shape index (κ3) is 4.33. The molecule has 0 saturated heterocycles. The van der Waals surface area contributed by atoms with E-state index in [2.05, 4.69) is 21.4 Å². The highest BCUT2D eigenvalue weighted by Crippen LogP contribution is 2.34. The van der Waals surface area contributed by atoms with Crippen molar-refractivity contribution in [3.05, 3.63) is 59.9 Å². The summed E-state index contributed by atoms with van der Waals surface area (Å²) in [6.45, 7) is 4.49. The molecule has 27 heavy (non-hydrogen) atoms. The van der Waals surface area contributed by atoms with Gasteiger partial charge in [-0.05, 0) is 44.2 Å². The maximum atomic E-state index is 9.08. The van der Waals surface area contributed by atoms with Crippen molar-refractivity contribution in [3.8, 4) is 17.6 Å². The number of anilines is 2. The zero-order valence-electron chi connectivity index (χ0n) is 15.5. The molecular weight excluding hydrogens is 340 g/mol. The average Bonchev–Trinajstić information content (AvgIpc) is 2.67. The third-order valence-corrected chi connectivity index (χ3v) is 3.91. The molecule has 2 aromatic carbocycles. The minimum Gasteiger partial charge on any atom is -0.493 e. The van der Waals surface area contributed by atoms with Gasteiger partial charge >= 0.3 is 0 Å². The SMILES string of the molecule is COc1cc2ncnc(Nc3cccc(C#N)c3)c2cc1OCC=C(C)C. The Morgan fingerprint density at radius 1 is 1.19 bits per heavy atom. The first-order valence-corrected chi connectivity index (χ1v) is 8.47. The smallest absolute Gasteiger partial charge is 0.162 e. The number of methoxy groups -OCH3 is 1. The Hall–Kier alpha value is -3.59. The number of nitrogens with one attached hydrogen (secondary N) is 1. The monoisotopic (exact) mass is 360 g/mol. The number of nitriles is 1. The molecule has 1 aromatic heterocycles. The van der Waals surface area contributed by atoms with E-state index in [1.807, 2.05) is 44.2 Å². The number of rotatable bonds is 6. The van der Waals surface area contributed by atoms with Crippen LogP contribution in [0, 0.1) is 11.3 Å². The number of nitrogens with zero attached hydrogens (tertiary/aromatic N) is 3. The third-order valence-electron chi connectivity index (χ3n) is 3.91. The minimum absolute atomic E-state index is 0.449. The summed E-state index contributed by atoms with van der Waals surface area (Å²) >= 11 is 0. The predicted octanol–water partition coefficient (Wildman–Crippen LogP) is 4.60. The molecule has 6 heteroatoms. The molecule has 1 heterocycles. The van der Waals surface area contributed by atoms with Gasteiger partial charge in [-0.2, -0.15) is 5.26 Å². The van der Waals surface area contributed by atoms with Gasteiger partial charge in [0.05, 0.1) is 24.3 Å².